The fraction of sp³-hybridized carbons (Fsp3) is 0.519. The maximum atomic E-state index is 15.3. The number of nitrogens with one attached hydrogen (secondary N) is 1. The van der Waals surface area contributed by atoms with Gasteiger partial charge in [-0.1, -0.05) is 12.1 Å². The molecule has 1 aliphatic rings. The highest BCUT2D eigenvalue weighted by molar-refractivity contribution is 7.90. The Hall–Kier alpha value is -1.96. The number of aryl methyl sites for hydroxylation is 3. The average Bonchev–Trinajstić information content (AvgIpc) is 2.67. The van der Waals surface area contributed by atoms with Crippen molar-refractivity contribution < 1.29 is 23.2 Å². The minimum atomic E-state index is -1.57. The Morgan fingerprint density at radius 1 is 1.15 bits per heavy atom. The summed E-state index contributed by atoms with van der Waals surface area (Å²) in [5, 5.41) is 9.45. The summed E-state index contributed by atoms with van der Waals surface area (Å²) in [6, 6.07) is 6.72. The van der Waals surface area contributed by atoms with Gasteiger partial charge in [-0.15, -0.1) is 4.72 Å². The average molecular weight is 492 g/mol. The lowest BCUT2D eigenvalue weighted by atomic mass is 9.78. The Bertz CT molecular complexity index is 1040. The predicted octanol–water partition coefficient (Wildman–Crippen LogP) is 6.28. The van der Waals surface area contributed by atoms with Gasteiger partial charge in [0.2, 0.25) is 0 Å². The van der Waals surface area contributed by atoms with Crippen LogP contribution in [0.15, 0.2) is 24.3 Å². The zero-order chi connectivity index (χ0) is 25.4. The van der Waals surface area contributed by atoms with Gasteiger partial charge in [-0.05, 0) is 112 Å². The van der Waals surface area contributed by atoms with Crippen molar-refractivity contribution in [2.75, 3.05) is 0 Å². The van der Waals surface area contributed by atoms with Crippen molar-refractivity contribution in [2.24, 2.45) is 5.92 Å². The normalized spacial score (nSPS) is 20.0. The van der Waals surface area contributed by atoms with Crippen molar-refractivity contribution in [1.29, 1.82) is 0 Å². The molecule has 0 aliphatic heterocycles. The minimum absolute atomic E-state index is 0.196. The first-order valence-corrected chi connectivity index (χ1v) is 12.9. The molecule has 34 heavy (non-hydrogen) atoms. The summed E-state index contributed by atoms with van der Waals surface area (Å²) >= 11 is -1.57. The predicted molar refractivity (Wildman–Crippen MR) is 133 cm³/mol. The molecule has 0 radical (unpaired) electrons. The van der Waals surface area contributed by atoms with Crippen LogP contribution in [-0.4, -0.2) is 26.5 Å². The van der Waals surface area contributed by atoms with Crippen LogP contribution in [0.5, 0.6) is 0 Å². The maximum Gasteiger partial charge on any atom is 0.305 e. The molecule has 2 N–H and O–H groups in total. The second-order valence-corrected chi connectivity index (χ2v) is 12.6. The van der Waals surface area contributed by atoms with Gasteiger partial charge in [0.05, 0.1) is 12.5 Å². The molecule has 0 saturated heterocycles. The largest absolute Gasteiger partial charge is 0.598 e. The van der Waals surface area contributed by atoms with Crippen molar-refractivity contribution in [3.63, 3.8) is 0 Å². The van der Waals surface area contributed by atoms with Gasteiger partial charge >= 0.3 is 5.97 Å². The third-order valence-electron chi connectivity index (χ3n) is 6.43. The second kappa shape index (κ2) is 10.3. The number of carboxylic acids is 1. The van der Waals surface area contributed by atoms with E-state index in [2.05, 4.69) is 16.9 Å². The molecule has 186 valence electrons. The van der Waals surface area contributed by atoms with Crippen LogP contribution in [0.2, 0.25) is 0 Å². The van der Waals surface area contributed by atoms with Crippen LogP contribution in [0.3, 0.4) is 0 Å². The topological polar surface area (TPSA) is 72.4 Å². The zero-order valence-electron chi connectivity index (χ0n) is 20.8. The highest BCUT2D eigenvalue weighted by Gasteiger charge is 2.33. The van der Waals surface area contributed by atoms with Crippen LogP contribution in [0.4, 0.5) is 8.78 Å². The molecular formula is C27H35F2NO3S. The van der Waals surface area contributed by atoms with E-state index in [4.69, 9.17) is 0 Å². The van der Waals surface area contributed by atoms with Gasteiger partial charge in [0.1, 0.15) is 16.7 Å². The molecule has 0 heterocycles. The second-order valence-electron chi connectivity index (χ2n) is 10.6. The van der Waals surface area contributed by atoms with Crippen molar-refractivity contribution in [2.45, 2.75) is 84.2 Å². The first-order valence-electron chi connectivity index (χ1n) is 11.7. The molecule has 2 aromatic carbocycles. The maximum absolute atomic E-state index is 15.3. The standard InChI is InChI=1S/C27H35F2NO3S/c1-15-7-18(10-19-11-21(28)12-19)8-16(2)25(15)20-9-17(3)26(29)22(13-20)23(14-24(31)32)30-34(33)27(4,5)6/h7-9,13,19,21,23,30H,10-12,14H2,1-6H3,(H,31,32)/t19?,21?,23?,34-/m1/s1. The molecule has 0 amide bonds. The number of hydrogen-bond donors (Lipinski definition) is 2. The molecule has 3 rings (SSSR count). The van der Waals surface area contributed by atoms with Crippen LogP contribution >= 0.6 is 0 Å². The molecule has 1 fully saturated rings. The summed E-state index contributed by atoms with van der Waals surface area (Å²) in [6.45, 7) is 11.0. The molecule has 0 bridgehead atoms. The van der Waals surface area contributed by atoms with Crippen molar-refractivity contribution in [3.05, 3.63) is 57.9 Å². The number of hydrogen-bond acceptors (Lipinski definition) is 3. The van der Waals surface area contributed by atoms with Crippen molar-refractivity contribution in [1.82, 2.24) is 4.72 Å². The Morgan fingerprint density at radius 3 is 2.24 bits per heavy atom. The van der Waals surface area contributed by atoms with E-state index in [1.807, 2.05) is 13.8 Å². The van der Waals surface area contributed by atoms with Gasteiger partial charge in [-0.25, -0.2) is 8.78 Å². The highest BCUT2D eigenvalue weighted by atomic mass is 32.2. The number of halogens is 2. The lowest BCUT2D eigenvalue weighted by molar-refractivity contribution is -0.137. The molecule has 2 aromatic rings. The smallest absolute Gasteiger partial charge is 0.305 e. The van der Waals surface area contributed by atoms with Crippen LogP contribution < -0.4 is 4.72 Å². The molecular weight excluding hydrogens is 456 g/mol. The molecule has 1 aliphatic carbocycles. The van der Waals surface area contributed by atoms with Gasteiger partial charge in [0, 0.05) is 16.9 Å². The van der Waals surface area contributed by atoms with Gasteiger partial charge in [-0.3, -0.25) is 4.79 Å². The van der Waals surface area contributed by atoms with Gasteiger partial charge in [-0.2, -0.15) is 0 Å². The molecule has 2 atom stereocenters. The van der Waals surface area contributed by atoms with Gasteiger partial charge in [0.25, 0.3) is 0 Å². The highest BCUT2D eigenvalue weighted by Crippen LogP contribution is 2.37. The Balaban J connectivity index is 2.00. The van der Waals surface area contributed by atoms with Crippen molar-refractivity contribution >= 4 is 17.3 Å². The van der Waals surface area contributed by atoms with E-state index >= 15 is 4.39 Å². The minimum Gasteiger partial charge on any atom is -0.598 e. The van der Waals surface area contributed by atoms with E-state index in [1.165, 1.54) is 5.56 Å². The molecule has 1 unspecified atom stereocenters. The molecule has 0 aromatic heterocycles. The Morgan fingerprint density at radius 2 is 1.74 bits per heavy atom. The third kappa shape index (κ3) is 6.18. The fourth-order valence-corrected chi connectivity index (χ4v) is 5.49. The number of carbonyl (C=O) groups is 1. The van der Waals surface area contributed by atoms with E-state index in [0.717, 1.165) is 28.7 Å². The quantitative estimate of drug-likeness (QED) is 0.427. The summed E-state index contributed by atoms with van der Waals surface area (Å²) in [4.78, 5) is 11.6. The fourth-order valence-electron chi connectivity index (χ4n) is 4.67. The van der Waals surface area contributed by atoms with E-state index in [1.54, 1.807) is 39.8 Å². The van der Waals surface area contributed by atoms with Gasteiger partial charge < -0.3 is 9.66 Å². The monoisotopic (exact) mass is 491 g/mol. The zero-order valence-corrected chi connectivity index (χ0v) is 21.6. The summed E-state index contributed by atoms with van der Waals surface area (Å²) in [6.07, 6.45) is 1.02. The summed E-state index contributed by atoms with van der Waals surface area (Å²) in [7, 11) is 0. The van der Waals surface area contributed by atoms with Gasteiger partial charge in [0.15, 0.2) is 0 Å². The van der Waals surface area contributed by atoms with E-state index in [-0.39, 0.29) is 5.56 Å². The van der Waals surface area contributed by atoms with E-state index < -0.39 is 46.5 Å². The number of alkyl halides is 1. The van der Waals surface area contributed by atoms with Crippen LogP contribution in [0.1, 0.15) is 73.9 Å². The first-order chi connectivity index (χ1) is 15.8. The number of benzene rings is 2. The summed E-state index contributed by atoms with van der Waals surface area (Å²) in [5.41, 5.74) is 5.59. The number of aliphatic carboxylic acids is 1. The van der Waals surface area contributed by atoms with Crippen molar-refractivity contribution in [3.8, 4) is 11.1 Å². The molecule has 1 saturated carbocycles. The summed E-state index contributed by atoms with van der Waals surface area (Å²) < 4.78 is 43.4. The Labute approximate surface area is 204 Å². The number of carboxylic acid groups (broad SMARTS) is 1. The molecule has 0 spiro atoms. The Kier molecular flexibility index (Phi) is 8.10. The SMILES string of the molecule is Cc1cc(-c2c(C)cc(CC3CC(F)C3)cc2C)cc(C(CC(=O)O)N[S@+]([O-])C(C)(C)C)c1F. The summed E-state index contributed by atoms with van der Waals surface area (Å²) in [5.74, 6) is -1.22. The van der Waals surface area contributed by atoms with Crippen LogP contribution in [0, 0.1) is 32.5 Å². The lowest BCUT2D eigenvalue weighted by Crippen LogP contribution is -2.42. The molecule has 7 heteroatoms. The van der Waals surface area contributed by atoms with E-state index in [9.17, 15) is 18.8 Å². The molecule has 4 nitrogen and oxygen atoms in total. The van der Waals surface area contributed by atoms with Crippen LogP contribution in [-0.2, 0) is 22.6 Å². The number of rotatable bonds is 8. The van der Waals surface area contributed by atoms with E-state index in [0.29, 0.717) is 24.3 Å². The van der Waals surface area contributed by atoms with Crippen LogP contribution in [0.25, 0.3) is 11.1 Å². The lowest BCUT2D eigenvalue weighted by Gasteiger charge is -2.30. The first kappa shape index (κ1) is 26.6. The third-order valence-corrected chi connectivity index (χ3v) is 8.04.